The van der Waals surface area contributed by atoms with E-state index in [2.05, 4.69) is 0 Å². The van der Waals surface area contributed by atoms with Crippen molar-refractivity contribution < 1.29 is 42.5 Å². The fourth-order valence-corrected chi connectivity index (χ4v) is 2.39. The third-order valence-corrected chi connectivity index (χ3v) is 3.66. The Morgan fingerprint density at radius 3 is 1.78 bits per heavy atom. The maximum atomic E-state index is 13.5. The third kappa shape index (κ3) is 6.95. The lowest BCUT2D eigenvalue weighted by Crippen LogP contribution is -2.63. The summed E-state index contributed by atoms with van der Waals surface area (Å²) in [6, 6.07) is 0. The molecule has 0 radical (unpaired) electrons. The van der Waals surface area contributed by atoms with Gasteiger partial charge in [-0.3, -0.25) is 19.8 Å². The standard InChI is InChI=1S/C14H17Cl3FNO8/c1-5(20)23-9-8(4-18)26-12(27-13(19)14(15,16)17)11(25-7(3)22)10(9)24-6(2)21/h8-12,19H,4H2,1-3H3/t8-,9+,10+,11-,12?/m1/s1. The van der Waals surface area contributed by atoms with E-state index < -0.39 is 65.0 Å². The summed E-state index contributed by atoms with van der Waals surface area (Å²) < 4.78 is 36.6. The molecule has 154 valence electrons. The zero-order chi connectivity index (χ0) is 20.9. The van der Waals surface area contributed by atoms with Crippen molar-refractivity contribution in [1.82, 2.24) is 0 Å². The van der Waals surface area contributed by atoms with Gasteiger partial charge in [0, 0.05) is 20.8 Å². The van der Waals surface area contributed by atoms with E-state index in [1.165, 1.54) is 0 Å². The Labute approximate surface area is 168 Å². The Morgan fingerprint density at radius 2 is 1.37 bits per heavy atom. The first-order chi connectivity index (χ1) is 12.4. The number of rotatable bonds is 5. The van der Waals surface area contributed by atoms with Gasteiger partial charge >= 0.3 is 17.9 Å². The van der Waals surface area contributed by atoms with Crippen molar-refractivity contribution in [1.29, 1.82) is 5.41 Å². The SMILES string of the molecule is CC(=O)O[C@@H]1[C@H](OC(C)=O)[C@@H](OC(C)=O)C(OC(=N)C(Cl)(Cl)Cl)O[C@@H]1CF. The molecule has 1 heterocycles. The largest absolute Gasteiger partial charge is 0.456 e. The number of hydrogen-bond acceptors (Lipinski definition) is 9. The molecule has 1 aliphatic rings. The van der Waals surface area contributed by atoms with Crippen LogP contribution in [-0.2, 0) is 38.1 Å². The van der Waals surface area contributed by atoms with E-state index in [4.69, 9.17) is 63.9 Å². The third-order valence-electron chi connectivity index (χ3n) is 3.14. The fraction of sp³-hybridized carbons (Fsp3) is 0.714. The molecule has 0 aromatic carbocycles. The second-order valence-corrected chi connectivity index (χ2v) is 7.65. The van der Waals surface area contributed by atoms with Gasteiger partial charge in [0.15, 0.2) is 12.2 Å². The van der Waals surface area contributed by atoms with Crippen molar-refractivity contribution in [3.8, 4) is 0 Å². The van der Waals surface area contributed by atoms with Gasteiger partial charge in [0.25, 0.3) is 3.79 Å². The lowest BCUT2D eigenvalue weighted by atomic mass is 9.98. The maximum absolute atomic E-state index is 13.5. The van der Waals surface area contributed by atoms with E-state index in [9.17, 15) is 18.8 Å². The summed E-state index contributed by atoms with van der Waals surface area (Å²) in [7, 11) is 0. The number of hydrogen-bond donors (Lipinski definition) is 1. The monoisotopic (exact) mass is 451 g/mol. The second-order valence-electron chi connectivity index (χ2n) is 5.36. The van der Waals surface area contributed by atoms with Gasteiger partial charge in [-0.25, -0.2) is 4.39 Å². The van der Waals surface area contributed by atoms with Crippen LogP contribution in [0.2, 0.25) is 0 Å². The first-order valence-corrected chi connectivity index (χ1v) is 8.55. The van der Waals surface area contributed by atoms with E-state index in [-0.39, 0.29) is 0 Å². The molecule has 1 fully saturated rings. The number of alkyl halides is 4. The van der Waals surface area contributed by atoms with Crippen LogP contribution >= 0.6 is 34.8 Å². The summed E-state index contributed by atoms with van der Waals surface area (Å²) in [5, 5.41) is 7.62. The van der Waals surface area contributed by atoms with Crippen LogP contribution in [0.3, 0.4) is 0 Å². The molecule has 1 N–H and O–H groups in total. The zero-order valence-corrected chi connectivity index (χ0v) is 16.6. The number of carbonyl (C=O) groups is 3. The minimum atomic E-state index is -2.29. The molecule has 1 saturated heterocycles. The highest BCUT2D eigenvalue weighted by molar-refractivity contribution is 6.76. The number of carbonyl (C=O) groups excluding carboxylic acids is 3. The van der Waals surface area contributed by atoms with Crippen molar-refractivity contribution in [3.63, 3.8) is 0 Å². The van der Waals surface area contributed by atoms with Gasteiger partial charge in [-0.15, -0.1) is 0 Å². The first-order valence-electron chi connectivity index (χ1n) is 7.42. The number of halogens is 4. The van der Waals surface area contributed by atoms with Gasteiger partial charge in [0.1, 0.15) is 12.8 Å². The lowest BCUT2D eigenvalue weighted by molar-refractivity contribution is -0.288. The van der Waals surface area contributed by atoms with Gasteiger partial charge in [-0.1, -0.05) is 34.8 Å². The fourth-order valence-electron chi connectivity index (χ4n) is 2.26. The average molecular weight is 453 g/mol. The van der Waals surface area contributed by atoms with Gasteiger partial charge in [-0.05, 0) is 0 Å². The molecule has 0 aromatic rings. The molecule has 0 bridgehead atoms. The summed E-state index contributed by atoms with van der Waals surface area (Å²) in [5.74, 6) is -3.44. The van der Waals surface area contributed by atoms with Gasteiger partial charge in [0.2, 0.25) is 18.3 Å². The minimum absolute atomic E-state index is 0.825. The molecule has 1 rings (SSSR count). The Hall–Kier alpha value is -1.36. The highest BCUT2D eigenvalue weighted by Gasteiger charge is 2.53. The van der Waals surface area contributed by atoms with Crippen LogP contribution in [0.5, 0.6) is 0 Å². The Morgan fingerprint density at radius 1 is 0.926 bits per heavy atom. The normalized spacial score (nSPS) is 28.0. The van der Waals surface area contributed by atoms with Gasteiger partial charge in [0.05, 0.1) is 0 Å². The molecule has 0 spiro atoms. The predicted molar refractivity (Wildman–Crippen MR) is 90.4 cm³/mol. The molecular formula is C14H17Cl3FNO8. The van der Waals surface area contributed by atoms with Crippen LogP contribution in [-0.4, -0.2) is 65.0 Å². The lowest BCUT2D eigenvalue weighted by Gasteiger charge is -2.43. The topological polar surface area (TPSA) is 121 Å². The smallest absolute Gasteiger partial charge is 0.303 e. The molecule has 0 aliphatic carbocycles. The summed E-state index contributed by atoms with van der Waals surface area (Å²) in [6.45, 7) is 1.92. The summed E-state index contributed by atoms with van der Waals surface area (Å²) in [4.78, 5) is 34.3. The van der Waals surface area contributed by atoms with Crippen LogP contribution < -0.4 is 0 Å². The molecule has 13 heteroatoms. The Bertz CT molecular complexity index is 599. The van der Waals surface area contributed by atoms with Crippen molar-refractivity contribution in [2.75, 3.05) is 6.67 Å². The summed E-state index contributed by atoms with van der Waals surface area (Å²) in [6.07, 6.45) is -7.67. The highest BCUT2D eigenvalue weighted by Crippen LogP contribution is 2.33. The zero-order valence-electron chi connectivity index (χ0n) is 14.4. The number of esters is 3. The first kappa shape index (κ1) is 23.7. The molecule has 0 aromatic heterocycles. The van der Waals surface area contributed by atoms with Crippen LogP contribution in [0.15, 0.2) is 0 Å². The van der Waals surface area contributed by atoms with Crippen LogP contribution in [0.1, 0.15) is 20.8 Å². The van der Waals surface area contributed by atoms with Crippen LogP contribution in [0.4, 0.5) is 4.39 Å². The predicted octanol–water partition coefficient (Wildman–Crippen LogP) is 1.84. The maximum Gasteiger partial charge on any atom is 0.303 e. The van der Waals surface area contributed by atoms with E-state index in [1.54, 1.807) is 0 Å². The molecular weight excluding hydrogens is 436 g/mol. The van der Waals surface area contributed by atoms with Crippen LogP contribution in [0.25, 0.3) is 0 Å². The molecule has 27 heavy (non-hydrogen) atoms. The summed E-state index contributed by atoms with van der Waals surface area (Å²) in [5.41, 5.74) is 0. The van der Waals surface area contributed by atoms with E-state index >= 15 is 0 Å². The molecule has 5 atom stereocenters. The Balaban J connectivity index is 3.28. The van der Waals surface area contributed by atoms with Gasteiger partial charge < -0.3 is 23.7 Å². The van der Waals surface area contributed by atoms with Crippen molar-refractivity contribution in [3.05, 3.63) is 0 Å². The second kappa shape index (κ2) is 9.72. The molecule has 9 nitrogen and oxygen atoms in total. The van der Waals surface area contributed by atoms with E-state index in [0.717, 1.165) is 20.8 Å². The van der Waals surface area contributed by atoms with Gasteiger partial charge in [-0.2, -0.15) is 0 Å². The molecule has 1 unspecified atom stereocenters. The summed E-state index contributed by atoms with van der Waals surface area (Å²) >= 11 is 16.6. The average Bonchev–Trinajstić information content (AvgIpc) is 2.50. The quantitative estimate of drug-likeness (QED) is 0.220. The molecule has 1 aliphatic heterocycles. The number of nitrogens with one attached hydrogen (secondary N) is 1. The minimum Gasteiger partial charge on any atom is -0.456 e. The van der Waals surface area contributed by atoms with E-state index in [0.29, 0.717) is 0 Å². The van der Waals surface area contributed by atoms with Crippen molar-refractivity contribution in [2.24, 2.45) is 0 Å². The Kier molecular flexibility index (Phi) is 8.52. The molecule has 0 amide bonds. The van der Waals surface area contributed by atoms with Crippen LogP contribution in [0, 0.1) is 5.41 Å². The van der Waals surface area contributed by atoms with Crippen molar-refractivity contribution in [2.45, 2.75) is 55.3 Å². The van der Waals surface area contributed by atoms with Crippen molar-refractivity contribution >= 4 is 58.6 Å². The van der Waals surface area contributed by atoms with E-state index in [1.807, 2.05) is 0 Å². The number of ether oxygens (including phenoxy) is 5. The highest BCUT2D eigenvalue weighted by atomic mass is 35.6. The molecule has 0 saturated carbocycles.